The molecule has 1 amide bonds. The maximum absolute atomic E-state index is 12.2. The van der Waals surface area contributed by atoms with E-state index in [1.807, 2.05) is 31.2 Å². The fraction of sp³-hybridized carbons (Fsp3) is 0.588. The molecule has 0 saturated heterocycles. The van der Waals surface area contributed by atoms with Crippen LogP contribution in [0.5, 0.6) is 0 Å². The van der Waals surface area contributed by atoms with Crippen molar-refractivity contribution in [1.82, 2.24) is 4.90 Å². The standard InChI is InChI=1S/C17H26N2O2/c1-6-21-15-11-14(17(15,2)3)18-13-10-8-7-9-12(13)16(20)19(4)5/h7-10,14-15,18H,6,11H2,1-5H3. The van der Waals surface area contributed by atoms with E-state index in [9.17, 15) is 4.79 Å². The fourth-order valence-corrected chi connectivity index (χ4v) is 2.84. The van der Waals surface area contributed by atoms with E-state index in [0.717, 1.165) is 24.3 Å². The number of hydrogen-bond acceptors (Lipinski definition) is 3. The van der Waals surface area contributed by atoms with Crippen molar-refractivity contribution >= 4 is 11.6 Å². The zero-order chi connectivity index (χ0) is 15.6. The summed E-state index contributed by atoms with van der Waals surface area (Å²) in [6.45, 7) is 7.20. The topological polar surface area (TPSA) is 41.6 Å². The van der Waals surface area contributed by atoms with E-state index in [1.165, 1.54) is 0 Å². The zero-order valence-corrected chi connectivity index (χ0v) is 13.6. The molecule has 0 radical (unpaired) electrons. The van der Waals surface area contributed by atoms with Gasteiger partial charge in [0.15, 0.2) is 0 Å². The first kappa shape index (κ1) is 15.8. The van der Waals surface area contributed by atoms with E-state index < -0.39 is 0 Å². The van der Waals surface area contributed by atoms with Gasteiger partial charge >= 0.3 is 0 Å². The number of ether oxygens (including phenoxy) is 1. The average molecular weight is 290 g/mol. The Bertz CT molecular complexity index is 511. The Kier molecular flexibility index (Phi) is 4.57. The molecule has 0 aliphatic heterocycles. The molecular formula is C17H26N2O2. The van der Waals surface area contributed by atoms with Crippen LogP contribution in [0.2, 0.25) is 0 Å². The quantitative estimate of drug-likeness (QED) is 0.906. The number of nitrogens with zero attached hydrogens (tertiary/aromatic N) is 1. The second-order valence-corrected chi connectivity index (χ2v) is 6.44. The smallest absolute Gasteiger partial charge is 0.255 e. The van der Waals surface area contributed by atoms with E-state index in [4.69, 9.17) is 4.74 Å². The maximum atomic E-state index is 12.2. The van der Waals surface area contributed by atoms with Gasteiger partial charge < -0.3 is 15.0 Å². The zero-order valence-electron chi connectivity index (χ0n) is 13.6. The summed E-state index contributed by atoms with van der Waals surface area (Å²) in [5, 5.41) is 3.53. The Morgan fingerprint density at radius 1 is 1.38 bits per heavy atom. The summed E-state index contributed by atoms with van der Waals surface area (Å²) in [6, 6.07) is 8.03. The van der Waals surface area contributed by atoms with Gasteiger partial charge in [0.25, 0.3) is 5.91 Å². The Morgan fingerprint density at radius 2 is 2.05 bits per heavy atom. The monoisotopic (exact) mass is 290 g/mol. The molecule has 4 heteroatoms. The lowest BCUT2D eigenvalue weighted by molar-refractivity contribution is -0.0976. The molecule has 2 unspecified atom stereocenters. The highest BCUT2D eigenvalue weighted by molar-refractivity contribution is 5.99. The number of hydrogen-bond donors (Lipinski definition) is 1. The van der Waals surface area contributed by atoms with Crippen LogP contribution in [0.3, 0.4) is 0 Å². The summed E-state index contributed by atoms with van der Waals surface area (Å²) in [6.07, 6.45) is 1.27. The molecule has 1 aromatic rings. The minimum Gasteiger partial charge on any atom is -0.381 e. The number of amides is 1. The SMILES string of the molecule is CCOC1CC(Nc2ccccc2C(=O)N(C)C)C1(C)C. The summed E-state index contributed by atoms with van der Waals surface area (Å²) < 4.78 is 5.76. The molecule has 0 heterocycles. The van der Waals surface area contributed by atoms with Crippen molar-refractivity contribution in [2.75, 3.05) is 26.0 Å². The second-order valence-electron chi connectivity index (χ2n) is 6.44. The summed E-state index contributed by atoms with van der Waals surface area (Å²) in [5.41, 5.74) is 1.70. The first-order chi connectivity index (χ1) is 9.87. The molecule has 1 fully saturated rings. The highest BCUT2D eigenvalue weighted by Gasteiger charge is 2.49. The van der Waals surface area contributed by atoms with E-state index >= 15 is 0 Å². The number of para-hydroxylation sites is 1. The molecule has 1 aliphatic carbocycles. The number of carbonyl (C=O) groups excluding carboxylic acids is 1. The van der Waals surface area contributed by atoms with Gasteiger partial charge in [-0.1, -0.05) is 26.0 Å². The first-order valence-electron chi connectivity index (χ1n) is 7.56. The average Bonchev–Trinajstić information content (AvgIpc) is 2.46. The van der Waals surface area contributed by atoms with Gasteiger partial charge in [-0.15, -0.1) is 0 Å². The van der Waals surface area contributed by atoms with Crippen LogP contribution in [-0.4, -0.2) is 43.7 Å². The number of rotatable bonds is 5. The summed E-state index contributed by atoms with van der Waals surface area (Å²) >= 11 is 0. The maximum Gasteiger partial charge on any atom is 0.255 e. The number of anilines is 1. The Hall–Kier alpha value is -1.55. The second kappa shape index (κ2) is 6.06. The largest absolute Gasteiger partial charge is 0.381 e. The van der Waals surface area contributed by atoms with Gasteiger partial charge in [0, 0.05) is 37.8 Å². The number of benzene rings is 1. The summed E-state index contributed by atoms with van der Waals surface area (Å²) in [5.74, 6) is 0.0246. The van der Waals surface area contributed by atoms with Crippen LogP contribution in [0.1, 0.15) is 37.6 Å². The molecule has 0 bridgehead atoms. The predicted molar refractivity (Wildman–Crippen MR) is 85.7 cm³/mol. The Balaban J connectivity index is 2.13. The van der Waals surface area contributed by atoms with Gasteiger partial charge in [0.1, 0.15) is 0 Å². The van der Waals surface area contributed by atoms with Crippen LogP contribution in [0.25, 0.3) is 0 Å². The van der Waals surface area contributed by atoms with Gasteiger partial charge in [0.2, 0.25) is 0 Å². The van der Waals surface area contributed by atoms with Crippen molar-refractivity contribution in [3.8, 4) is 0 Å². The number of nitrogens with one attached hydrogen (secondary N) is 1. The van der Waals surface area contributed by atoms with Crippen LogP contribution in [-0.2, 0) is 4.74 Å². The molecule has 1 N–H and O–H groups in total. The third kappa shape index (κ3) is 3.05. The van der Waals surface area contributed by atoms with Gasteiger partial charge in [-0.2, -0.15) is 0 Å². The third-order valence-electron chi connectivity index (χ3n) is 4.44. The van der Waals surface area contributed by atoms with E-state index in [2.05, 4.69) is 19.2 Å². The van der Waals surface area contributed by atoms with Crippen molar-refractivity contribution in [1.29, 1.82) is 0 Å². The minimum atomic E-state index is 0.0246. The lowest BCUT2D eigenvalue weighted by Crippen LogP contribution is -2.58. The Labute approximate surface area is 127 Å². The van der Waals surface area contributed by atoms with Gasteiger partial charge in [-0.3, -0.25) is 4.79 Å². The van der Waals surface area contributed by atoms with E-state index in [-0.39, 0.29) is 17.4 Å². The molecule has 4 nitrogen and oxygen atoms in total. The van der Waals surface area contributed by atoms with E-state index in [1.54, 1.807) is 19.0 Å². The normalized spacial score (nSPS) is 23.3. The summed E-state index contributed by atoms with van der Waals surface area (Å²) in [7, 11) is 3.55. The molecule has 1 aromatic carbocycles. The molecule has 0 spiro atoms. The molecule has 116 valence electrons. The van der Waals surface area contributed by atoms with Crippen molar-refractivity contribution in [3.05, 3.63) is 29.8 Å². The lowest BCUT2D eigenvalue weighted by atomic mass is 9.64. The van der Waals surface area contributed by atoms with Gasteiger partial charge in [-0.05, 0) is 25.5 Å². The van der Waals surface area contributed by atoms with Crippen molar-refractivity contribution in [3.63, 3.8) is 0 Å². The molecule has 1 saturated carbocycles. The molecule has 0 aromatic heterocycles. The molecule has 2 rings (SSSR count). The number of carbonyl (C=O) groups is 1. The van der Waals surface area contributed by atoms with Crippen molar-refractivity contribution in [2.45, 2.75) is 39.3 Å². The van der Waals surface area contributed by atoms with Crippen molar-refractivity contribution < 1.29 is 9.53 Å². The summed E-state index contributed by atoms with van der Waals surface area (Å²) in [4.78, 5) is 13.8. The van der Waals surface area contributed by atoms with E-state index in [0.29, 0.717) is 6.04 Å². The highest BCUT2D eigenvalue weighted by Crippen LogP contribution is 2.44. The van der Waals surface area contributed by atoms with Crippen molar-refractivity contribution in [2.24, 2.45) is 5.41 Å². The van der Waals surface area contributed by atoms with Crippen LogP contribution in [0.4, 0.5) is 5.69 Å². The lowest BCUT2D eigenvalue weighted by Gasteiger charge is -2.52. The van der Waals surface area contributed by atoms with Crippen LogP contribution >= 0.6 is 0 Å². The highest BCUT2D eigenvalue weighted by atomic mass is 16.5. The Morgan fingerprint density at radius 3 is 2.62 bits per heavy atom. The first-order valence-corrected chi connectivity index (χ1v) is 7.56. The minimum absolute atomic E-state index is 0.0246. The molecule has 2 atom stereocenters. The van der Waals surface area contributed by atoms with Gasteiger partial charge in [0.05, 0.1) is 11.7 Å². The van der Waals surface area contributed by atoms with Gasteiger partial charge in [-0.25, -0.2) is 0 Å². The molecular weight excluding hydrogens is 264 g/mol. The van der Waals surface area contributed by atoms with Crippen LogP contribution in [0.15, 0.2) is 24.3 Å². The molecule has 21 heavy (non-hydrogen) atoms. The van der Waals surface area contributed by atoms with Crippen LogP contribution < -0.4 is 5.32 Å². The molecule has 1 aliphatic rings. The third-order valence-corrected chi connectivity index (χ3v) is 4.44. The predicted octanol–water partition coefficient (Wildman–Crippen LogP) is 3.00. The van der Waals surface area contributed by atoms with Crippen LogP contribution in [0, 0.1) is 5.41 Å². The fourth-order valence-electron chi connectivity index (χ4n) is 2.84.